The Balaban J connectivity index is 1.69. The number of methoxy groups -OCH3 is 1. The third-order valence-electron chi connectivity index (χ3n) is 6.88. The molecule has 3 atom stereocenters. The van der Waals surface area contributed by atoms with Crippen LogP contribution in [0, 0.1) is 11.7 Å². The topological polar surface area (TPSA) is 109 Å². The third-order valence-corrected chi connectivity index (χ3v) is 8.72. The van der Waals surface area contributed by atoms with Crippen molar-refractivity contribution in [3.63, 3.8) is 0 Å². The van der Waals surface area contributed by atoms with E-state index in [0.717, 1.165) is 0 Å². The minimum Gasteiger partial charge on any atom is -0.497 e. The normalized spacial score (nSPS) is 18.6. The summed E-state index contributed by atoms with van der Waals surface area (Å²) < 4.78 is 53.0. The van der Waals surface area contributed by atoms with Crippen molar-refractivity contribution in [2.45, 2.75) is 30.9 Å². The van der Waals surface area contributed by atoms with Crippen molar-refractivity contribution in [2.75, 3.05) is 33.9 Å². The maximum absolute atomic E-state index is 13.9. The molecule has 1 amide bonds. The molecule has 0 saturated heterocycles. The number of aromatic nitrogens is 1. The number of amides is 1. The predicted molar refractivity (Wildman–Crippen MR) is 144 cm³/mol. The SMILES string of the molecule is COc1ccc(S(=O)(=O)N(C)C[C@@H]2Oc3ncc(-c4cccc(F)c4)cc3C(=O)N([C@H](C)CO)C[C@@H]2C)cc1. The van der Waals surface area contributed by atoms with Gasteiger partial charge in [-0.05, 0) is 55.0 Å². The van der Waals surface area contributed by atoms with Gasteiger partial charge in [0.1, 0.15) is 23.2 Å². The number of halogens is 1. The molecule has 9 nitrogen and oxygen atoms in total. The molecule has 2 aromatic carbocycles. The highest BCUT2D eigenvalue weighted by Gasteiger charge is 2.36. The van der Waals surface area contributed by atoms with Crippen LogP contribution in [0.25, 0.3) is 11.1 Å². The Kier molecular flexibility index (Phi) is 8.53. The zero-order valence-corrected chi connectivity index (χ0v) is 23.1. The Morgan fingerprint density at radius 1 is 1.21 bits per heavy atom. The number of aliphatic hydroxyl groups is 1. The fraction of sp³-hybridized carbons (Fsp3) is 0.357. The second kappa shape index (κ2) is 11.7. The van der Waals surface area contributed by atoms with Crippen LogP contribution in [0.1, 0.15) is 24.2 Å². The summed E-state index contributed by atoms with van der Waals surface area (Å²) in [6, 6.07) is 13.1. The summed E-state index contributed by atoms with van der Waals surface area (Å²) in [4.78, 5) is 19.6. The van der Waals surface area contributed by atoms with Gasteiger partial charge in [-0.3, -0.25) is 4.79 Å². The third kappa shape index (κ3) is 6.05. The van der Waals surface area contributed by atoms with Gasteiger partial charge in [-0.1, -0.05) is 19.1 Å². The summed E-state index contributed by atoms with van der Waals surface area (Å²) in [5.74, 6) is -0.540. The number of ether oxygens (including phenoxy) is 2. The van der Waals surface area contributed by atoms with Crippen molar-refractivity contribution in [3.8, 4) is 22.8 Å². The van der Waals surface area contributed by atoms with Crippen LogP contribution in [0.5, 0.6) is 11.6 Å². The van der Waals surface area contributed by atoms with Gasteiger partial charge in [-0.25, -0.2) is 17.8 Å². The summed E-state index contributed by atoms with van der Waals surface area (Å²) in [5, 5.41) is 9.87. The van der Waals surface area contributed by atoms with E-state index < -0.39 is 28.0 Å². The Bertz CT molecular complexity index is 1430. The van der Waals surface area contributed by atoms with Crippen molar-refractivity contribution in [1.29, 1.82) is 0 Å². The number of hydrogen-bond donors (Lipinski definition) is 1. The van der Waals surface area contributed by atoms with Crippen LogP contribution in [-0.2, 0) is 10.0 Å². The Morgan fingerprint density at radius 3 is 2.56 bits per heavy atom. The molecule has 0 unspecified atom stereocenters. The molecule has 1 aromatic heterocycles. The van der Waals surface area contributed by atoms with Crippen LogP contribution in [0.4, 0.5) is 4.39 Å². The summed E-state index contributed by atoms with van der Waals surface area (Å²) in [7, 11) is -0.887. The molecule has 2 heterocycles. The molecule has 0 saturated carbocycles. The molecule has 1 aliphatic heterocycles. The number of pyridine rings is 1. The van der Waals surface area contributed by atoms with E-state index in [1.807, 2.05) is 6.92 Å². The Hall–Kier alpha value is -3.54. The van der Waals surface area contributed by atoms with Crippen LogP contribution in [0.15, 0.2) is 65.7 Å². The van der Waals surface area contributed by atoms with Gasteiger partial charge < -0.3 is 19.5 Å². The number of benzene rings is 2. The van der Waals surface area contributed by atoms with E-state index >= 15 is 0 Å². The largest absolute Gasteiger partial charge is 0.497 e. The van der Waals surface area contributed by atoms with Gasteiger partial charge in [0, 0.05) is 31.3 Å². The van der Waals surface area contributed by atoms with Crippen molar-refractivity contribution in [1.82, 2.24) is 14.2 Å². The number of likely N-dealkylation sites (N-methyl/N-ethyl adjacent to an activating group) is 1. The summed E-state index contributed by atoms with van der Waals surface area (Å²) in [6.07, 6.45) is 0.817. The number of aliphatic hydroxyl groups excluding tert-OH is 1. The molecule has 0 spiro atoms. The smallest absolute Gasteiger partial charge is 0.259 e. The highest BCUT2D eigenvalue weighted by atomic mass is 32.2. The van der Waals surface area contributed by atoms with Crippen LogP contribution in [0.3, 0.4) is 0 Å². The lowest BCUT2D eigenvalue weighted by molar-refractivity contribution is 0.0373. The van der Waals surface area contributed by atoms with E-state index in [-0.39, 0.29) is 47.9 Å². The first-order chi connectivity index (χ1) is 18.5. The Labute approximate surface area is 227 Å². The van der Waals surface area contributed by atoms with E-state index in [4.69, 9.17) is 9.47 Å². The predicted octanol–water partition coefficient (Wildman–Crippen LogP) is 3.44. The number of sulfonamides is 1. The lowest BCUT2D eigenvalue weighted by Gasteiger charge is -2.37. The number of fused-ring (bicyclic) bond motifs is 1. The fourth-order valence-electron chi connectivity index (χ4n) is 4.43. The van der Waals surface area contributed by atoms with Gasteiger partial charge in [0.05, 0.1) is 31.2 Å². The molecule has 11 heteroatoms. The molecule has 0 fully saturated rings. The highest BCUT2D eigenvalue weighted by Crippen LogP contribution is 2.31. The maximum Gasteiger partial charge on any atom is 0.259 e. The molecule has 208 valence electrons. The summed E-state index contributed by atoms with van der Waals surface area (Å²) in [6.45, 7) is 3.52. The lowest BCUT2D eigenvalue weighted by Crippen LogP contribution is -2.50. The van der Waals surface area contributed by atoms with Crippen molar-refractivity contribution in [2.24, 2.45) is 5.92 Å². The van der Waals surface area contributed by atoms with Crippen molar-refractivity contribution >= 4 is 15.9 Å². The van der Waals surface area contributed by atoms with Gasteiger partial charge >= 0.3 is 0 Å². The van der Waals surface area contributed by atoms with Gasteiger partial charge in [0.25, 0.3) is 5.91 Å². The van der Waals surface area contributed by atoms with E-state index in [1.165, 1.54) is 53.8 Å². The van der Waals surface area contributed by atoms with Crippen LogP contribution < -0.4 is 9.47 Å². The zero-order valence-electron chi connectivity index (χ0n) is 22.2. The standard InChI is InChI=1S/C28H32FN3O6S/c1-18-15-32(19(2)17-33)28(34)25-13-21(20-6-5-7-22(29)12-20)14-30-27(25)38-26(18)16-31(3)39(35,36)24-10-8-23(37-4)9-11-24/h5-14,18-19,26,33H,15-17H2,1-4H3/t18-,19+,26-/m0/s1. The minimum absolute atomic E-state index is 0.0160. The number of carbonyl (C=O) groups is 1. The van der Waals surface area contributed by atoms with Gasteiger partial charge in [0.15, 0.2) is 0 Å². The first-order valence-electron chi connectivity index (χ1n) is 12.5. The summed E-state index contributed by atoms with van der Waals surface area (Å²) in [5.41, 5.74) is 1.21. The van der Waals surface area contributed by atoms with Crippen LogP contribution in [-0.4, -0.2) is 79.6 Å². The van der Waals surface area contributed by atoms with Gasteiger partial charge in [-0.15, -0.1) is 0 Å². The second-order valence-electron chi connectivity index (χ2n) is 9.67. The minimum atomic E-state index is -3.86. The van der Waals surface area contributed by atoms with E-state index in [2.05, 4.69) is 4.98 Å². The van der Waals surface area contributed by atoms with Crippen LogP contribution >= 0.6 is 0 Å². The average Bonchev–Trinajstić information content (AvgIpc) is 2.94. The van der Waals surface area contributed by atoms with E-state index in [0.29, 0.717) is 16.9 Å². The average molecular weight is 558 g/mol. The number of rotatable bonds is 8. The van der Waals surface area contributed by atoms with Crippen LogP contribution in [0.2, 0.25) is 0 Å². The molecular formula is C28H32FN3O6S. The maximum atomic E-state index is 13.9. The molecule has 0 radical (unpaired) electrons. The van der Waals surface area contributed by atoms with Gasteiger partial charge in [0.2, 0.25) is 15.9 Å². The fourth-order valence-corrected chi connectivity index (χ4v) is 5.61. The molecule has 3 aromatic rings. The molecule has 1 N–H and O–H groups in total. The molecule has 0 bridgehead atoms. The molecule has 1 aliphatic rings. The zero-order chi connectivity index (χ0) is 28.3. The lowest BCUT2D eigenvalue weighted by atomic mass is 9.99. The monoisotopic (exact) mass is 557 g/mol. The van der Waals surface area contributed by atoms with Gasteiger partial charge in [-0.2, -0.15) is 4.31 Å². The number of nitrogens with zero attached hydrogens (tertiary/aromatic N) is 3. The molecule has 39 heavy (non-hydrogen) atoms. The molecule has 0 aliphatic carbocycles. The first-order valence-corrected chi connectivity index (χ1v) is 13.9. The summed E-state index contributed by atoms with van der Waals surface area (Å²) >= 11 is 0. The van der Waals surface area contributed by atoms with Crippen molar-refractivity contribution < 1.29 is 32.2 Å². The number of carbonyl (C=O) groups excluding carboxylic acids is 1. The highest BCUT2D eigenvalue weighted by molar-refractivity contribution is 7.89. The number of hydrogen-bond acceptors (Lipinski definition) is 7. The molecular weight excluding hydrogens is 525 g/mol. The first kappa shape index (κ1) is 28.5. The molecule has 4 rings (SSSR count). The Morgan fingerprint density at radius 2 is 1.92 bits per heavy atom. The van der Waals surface area contributed by atoms with E-state index in [1.54, 1.807) is 37.3 Å². The second-order valence-corrected chi connectivity index (χ2v) is 11.7. The van der Waals surface area contributed by atoms with Crippen molar-refractivity contribution in [3.05, 3.63) is 72.2 Å². The van der Waals surface area contributed by atoms with E-state index in [9.17, 15) is 22.7 Å². The quantitative estimate of drug-likeness (QED) is 0.452.